The Balaban J connectivity index is 0.000000307. The van der Waals surface area contributed by atoms with Crippen molar-refractivity contribution in [1.29, 1.82) is 5.26 Å². The minimum atomic E-state index is -2.01. The smallest absolute Gasteiger partial charge is 0.351 e. The fourth-order valence-electron chi connectivity index (χ4n) is 1.91. The van der Waals surface area contributed by atoms with E-state index in [0.717, 1.165) is 0 Å². The first-order valence-corrected chi connectivity index (χ1v) is 8.21. The van der Waals surface area contributed by atoms with Crippen molar-refractivity contribution in [2.45, 2.75) is 31.3 Å². The zero-order valence-electron chi connectivity index (χ0n) is 12.7. The van der Waals surface area contributed by atoms with Gasteiger partial charge in [-0.3, -0.25) is 4.57 Å². The van der Waals surface area contributed by atoms with Crippen LogP contribution >= 0.6 is 8.53 Å². The monoisotopic (exact) mass is 361 g/mol. The molecule has 1 aromatic rings. The van der Waals surface area contributed by atoms with Crippen LogP contribution in [0.1, 0.15) is 19.1 Å². The second-order valence-corrected chi connectivity index (χ2v) is 5.66. The summed E-state index contributed by atoms with van der Waals surface area (Å²) in [5, 5.41) is 28.7. The van der Waals surface area contributed by atoms with E-state index in [1.807, 2.05) is 6.07 Å². The van der Waals surface area contributed by atoms with Gasteiger partial charge in [-0.15, -0.1) is 0 Å². The molecule has 1 aliphatic heterocycles. The maximum atomic E-state index is 11.5. The van der Waals surface area contributed by atoms with Gasteiger partial charge in [-0.2, -0.15) is 10.2 Å². The largest absolute Gasteiger partial charge is 0.394 e. The molecule has 12 heteroatoms. The Morgan fingerprint density at radius 2 is 2.29 bits per heavy atom. The molecule has 0 saturated carbocycles. The van der Waals surface area contributed by atoms with Crippen LogP contribution in [0.2, 0.25) is 0 Å². The molecule has 0 aromatic carbocycles. The molecule has 1 aromatic heterocycles. The Labute approximate surface area is 138 Å². The molecule has 7 N–H and O–H groups in total. The van der Waals surface area contributed by atoms with E-state index in [-0.39, 0.29) is 18.8 Å². The van der Waals surface area contributed by atoms with E-state index in [4.69, 9.17) is 30.6 Å². The van der Waals surface area contributed by atoms with Gasteiger partial charge >= 0.3 is 5.69 Å². The van der Waals surface area contributed by atoms with Crippen molar-refractivity contribution in [1.82, 2.24) is 14.6 Å². The number of nitrogens with one attached hydrogen (secondary N) is 1. The van der Waals surface area contributed by atoms with Crippen LogP contribution in [-0.2, 0) is 4.74 Å². The number of aliphatic hydroxyl groups excluding tert-OH is 2. The summed E-state index contributed by atoms with van der Waals surface area (Å²) in [6, 6.07) is 3.32. The van der Waals surface area contributed by atoms with Crippen molar-refractivity contribution in [3.8, 4) is 6.07 Å². The molecular weight excluding hydrogens is 341 g/mol. The molecule has 0 spiro atoms. The lowest BCUT2D eigenvalue weighted by atomic mass is 10.2. The van der Waals surface area contributed by atoms with Crippen LogP contribution in [0.3, 0.4) is 0 Å². The first-order valence-electron chi connectivity index (χ1n) is 6.96. The van der Waals surface area contributed by atoms with Gasteiger partial charge in [-0.1, -0.05) is 0 Å². The van der Waals surface area contributed by atoms with Crippen LogP contribution in [0.15, 0.2) is 17.1 Å². The molecule has 1 aliphatic rings. The van der Waals surface area contributed by atoms with Crippen molar-refractivity contribution in [2.24, 2.45) is 0 Å². The van der Waals surface area contributed by atoms with Crippen LogP contribution in [0.4, 0.5) is 5.82 Å². The Hall–Kier alpha value is -1.64. The van der Waals surface area contributed by atoms with E-state index in [2.05, 4.69) is 10.1 Å². The predicted octanol–water partition coefficient (Wildman–Crippen LogP) is -1.83. The van der Waals surface area contributed by atoms with E-state index in [0.29, 0.717) is 13.0 Å². The summed E-state index contributed by atoms with van der Waals surface area (Å²) >= 11 is 0. The third-order valence-electron chi connectivity index (χ3n) is 3.04. The van der Waals surface area contributed by atoms with Gasteiger partial charge in [0.25, 0.3) is 0 Å². The third kappa shape index (κ3) is 6.46. The second-order valence-electron chi connectivity index (χ2n) is 4.76. The van der Waals surface area contributed by atoms with E-state index < -0.39 is 32.7 Å². The van der Waals surface area contributed by atoms with Gasteiger partial charge in [0, 0.05) is 25.6 Å². The summed E-state index contributed by atoms with van der Waals surface area (Å²) in [4.78, 5) is 31.4. The lowest BCUT2D eigenvalue weighted by Crippen LogP contribution is -2.27. The van der Waals surface area contributed by atoms with Gasteiger partial charge in [-0.25, -0.2) is 9.88 Å². The van der Waals surface area contributed by atoms with Crippen molar-refractivity contribution in [3.63, 3.8) is 0 Å². The second kappa shape index (κ2) is 10.3. The molecule has 0 amide bonds. The third-order valence-corrected chi connectivity index (χ3v) is 3.54. The number of nitrogen functional groups attached to an aromatic ring is 1. The topological polar surface area (TPSA) is 187 Å². The summed E-state index contributed by atoms with van der Waals surface area (Å²) in [6.07, 6.45) is -0.0277. The molecule has 11 nitrogen and oxygen atoms in total. The standard InChI is InChI=1S/C9H13N3O4.C3H7N2O2P/c10-7-1-2-12(9(15)11-7)8-3-5(14)6(4-13)16-8;4-2-1-3-5-8(6)7/h1-2,5-6,8,13-14H,3-4H2,(H2,10,11,15);5-7H,1,3H2/t5-,6+,8+;/m0./s1. The van der Waals surface area contributed by atoms with Gasteiger partial charge in [0.05, 0.1) is 18.8 Å². The Bertz CT molecular complexity index is 606. The molecule has 0 bridgehead atoms. The summed E-state index contributed by atoms with van der Waals surface area (Å²) in [6.45, 7) is 0.0595. The van der Waals surface area contributed by atoms with Crippen LogP contribution in [0, 0.1) is 11.3 Å². The maximum Gasteiger partial charge on any atom is 0.351 e. The summed E-state index contributed by atoms with van der Waals surface area (Å²) in [7, 11) is -2.01. The number of ether oxygens (including phenoxy) is 1. The molecule has 1 fully saturated rings. The SMILES string of the molecule is N#CCCNP(O)O.Nc1ccn([C@H]2C[C@H](O)[C@@H](CO)O2)c(=O)n1. The molecule has 2 rings (SSSR count). The van der Waals surface area contributed by atoms with Crippen molar-refractivity contribution >= 4 is 14.3 Å². The molecule has 0 radical (unpaired) electrons. The maximum absolute atomic E-state index is 11.5. The number of aliphatic hydroxyl groups is 2. The number of rotatable bonds is 5. The van der Waals surface area contributed by atoms with E-state index >= 15 is 0 Å². The zero-order chi connectivity index (χ0) is 18.1. The molecule has 0 aliphatic carbocycles. The first-order chi connectivity index (χ1) is 11.4. The van der Waals surface area contributed by atoms with Gasteiger partial charge in [0.2, 0.25) is 8.53 Å². The van der Waals surface area contributed by atoms with Crippen molar-refractivity contribution in [3.05, 3.63) is 22.7 Å². The number of nitriles is 1. The molecule has 2 heterocycles. The van der Waals surface area contributed by atoms with Gasteiger partial charge < -0.3 is 30.5 Å². The average molecular weight is 361 g/mol. The lowest BCUT2D eigenvalue weighted by Gasteiger charge is -2.13. The highest BCUT2D eigenvalue weighted by atomic mass is 31.2. The lowest BCUT2D eigenvalue weighted by molar-refractivity contribution is -0.0458. The molecule has 134 valence electrons. The van der Waals surface area contributed by atoms with E-state index in [1.165, 1.54) is 16.8 Å². The highest BCUT2D eigenvalue weighted by Crippen LogP contribution is 2.27. The number of aromatic nitrogens is 2. The summed E-state index contributed by atoms with van der Waals surface area (Å²) in [5.41, 5.74) is 4.82. The van der Waals surface area contributed by atoms with Crippen molar-refractivity contribution in [2.75, 3.05) is 18.9 Å². The minimum Gasteiger partial charge on any atom is -0.394 e. The number of nitrogens with zero attached hydrogens (tertiary/aromatic N) is 3. The Morgan fingerprint density at radius 1 is 1.58 bits per heavy atom. The van der Waals surface area contributed by atoms with Gasteiger partial charge in [0.1, 0.15) is 18.1 Å². The van der Waals surface area contributed by atoms with Crippen molar-refractivity contribution < 1.29 is 24.7 Å². The number of hydrogen-bond donors (Lipinski definition) is 6. The normalized spacial score (nSPS) is 22.8. The fraction of sp³-hybridized carbons (Fsp3) is 0.583. The van der Waals surface area contributed by atoms with Crippen LogP contribution in [0.25, 0.3) is 0 Å². The predicted molar refractivity (Wildman–Crippen MR) is 84.1 cm³/mol. The summed E-state index contributed by atoms with van der Waals surface area (Å²) in [5.74, 6) is 0.138. The van der Waals surface area contributed by atoms with Crippen LogP contribution < -0.4 is 16.5 Å². The van der Waals surface area contributed by atoms with Gasteiger partial charge in [-0.05, 0) is 6.07 Å². The average Bonchev–Trinajstić information content (AvgIpc) is 2.88. The Kier molecular flexibility index (Phi) is 8.73. The molecule has 0 unspecified atom stereocenters. The van der Waals surface area contributed by atoms with E-state index in [9.17, 15) is 9.90 Å². The zero-order valence-corrected chi connectivity index (χ0v) is 13.6. The summed E-state index contributed by atoms with van der Waals surface area (Å²) < 4.78 is 6.56. The number of hydrogen-bond acceptors (Lipinski definition) is 10. The number of anilines is 1. The molecular formula is C12H20N5O6P. The molecule has 24 heavy (non-hydrogen) atoms. The number of nitrogens with two attached hydrogens (primary N) is 1. The highest BCUT2D eigenvalue weighted by molar-refractivity contribution is 7.42. The quantitative estimate of drug-likeness (QED) is 0.257. The highest BCUT2D eigenvalue weighted by Gasteiger charge is 2.34. The van der Waals surface area contributed by atoms with E-state index in [1.54, 1.807) is 0 Å². The fourth-order valence-corrected chi connectivity index (χ4v) is 2.22. The van der Waals surface area contributed by atoms with Gasteiger partial charge in [0.15, 0.2) is 0 Å². The molecule has 1 saturated heterocycles. The molecule has 3 atom stereocenters. The van der Waals surface area contributed by atoms with Crippen LogP contribution in [0.5, 0.6) is 0 Å². The minimum absolute atomic E-state index is 0.138. The van der Waals surface area contributed by atoms with Crippen LogP contribution in [-0.4, -0.2) is 54.9 Å². The first kappa shape index (κ1) is 20.4. The Morgan fingerprint density at radius 3 is 2.79 bits per heavy atom.